The fourth-order valence-corrected chi connectivity index (χ4v) is 3.90. The van der Waals surface area contributed by atoms with E-state index in [2.05, 4.69) is 29.6 Å². The van der Waals surface area contributed by atoms with E-state index in [1.54, 1.807) is 0 Å². The Morgan fingerprint density at radius 1 is 0.968 bits per heavy atom. The van der Waals surface area contributed by atoms with Gasteiger partial charge in [-0.05, 0) is 34.2 Å². The van der Waals surface area contributed by atoms with Gasteiger partial charge < -0.3 is 15.8 Å². The van der Waals surface area contributed by atoms with Gasteiger partial charge in [0, 0.05) is 18.0 Å². The molecule has 31 heavy (non-hydrogen) atoms. The number of hydrogen-bond donors (Lipinski definition) is 3. The lowest BCUT2D eigenvalue weighted by molar-refractivity contribution is 0.143. The van der Waals surface area contributed by atoms with Gasteiger partial charge in [0.25, 0.3) is 0 Å². The van der Waals surface area contributed by atoms with E-state index in [0.29, 0.717) is 25.1 Å². The molecule has 156 valence electrons. The van der Waals surface area contributed by atoms with Crippen LogP contribution in [0.1, 0.15) is 34.6 Å². The Kier molecular flexibility index (Phi) is 6.13. The summed E-state index contributed by atoms with van der Waals surface area (Å²) >= 11 is 0. The predicted molar refractivity (Wildman–Crippen MR) is 124 cm³/mol. The first-order valence-corrected chi connectivity index (χ1v) is 10.3. The number of nitrogens with two attached hydrogens (primary N) is 1. The van der Waals surface area contributed by atoms with Crippen molar-refractivity contribution in [1.82, 2.24) is 5.32 Å². The fourth-order valence-electron chi connectivity index (χ4n) is 3.90. The summed E-state index contributed by atoms with van der Waals surface area (Å²) in [5.41, 5.74) is 12.0. The third kappa shape index (κ3) is 4.67. The molecule has 1 amide bonds. The highest BCUT2D eigenvalue weighted by molar-refractivity contribution is 5.95. The van der Waals surface area contributed by atoms with Crippen LogP contribution in [0.15, 0.2) is 78.9 Å². The summed E-state index contributed by atoms with van der Waals surface area (Å²) < 4.78 is 5.53. The lowest BCUT2D eigenvalue weighted by atomic mass is 9.98. The van der Waals surface area contributed by atoms with Crippen LogP contribution >= 0.6 is 0 Å². The van der Waals surface area contributed by atoms with Gasteiger partial charge in [0.15, 0.2) is 0 Å². The molecule has 0 heterocycles. The first-order chi connectivity index (χ1) is 15.1. The molecule has 5 nitrogen and oxygen atoms in total. The summed E-state index contributed by atoms with van der Waals surface area (Å²) in [5, 5.41) is 10.2. The predicted octanol–water partition coefficient (Wildman–Crippen LogP) is 4.91. The third-order valence-corrected chi connectivity index (χ3v) is 5.46. The van der Waals surface area contributed by atoms with Gasteiger partial charge in [-0.2, -0.15) is 0 Å². The number of hydrogen-bond acceptors (Lipinski definition) is 3. The van der Waals surface area contributed by atoms with Crippen LogP contribution in [0.2, 0.25) is 0 Å². The first kappa shape index (κ1) is 20.4. The van der Waals surface area contributed by atoms with E-state index in [9.17, 15) is 4.79 Å². The van der Waals surface area contributed by atoms with Crippen molar-refractivity contribution in [3.8, 4) is 11.1 Å². The zero-order valence-corrected chi connectivity index (χ0v) is 17.2. The molecule has 1 aliphatic rings. The fraction of sp³-hybridized carbons (Fsp3) is 0.154. The average molecular weight is 412 g/mol. The average Bonchev–Trinajstić information content (AvgIpc) is 3.11. The van der Waals surface area contributed by atoms with Crippen molar-refractivity contribution in [1.29, 1.82) is 5.41 Å². The number of benzene rings is 3. The quantitative estimate of drug-likeness (QED) is 0.293. The Bertz CT molecular complexity index is 1070. The molecule has 0 aliphatic heterocycles. The molecule has 4 rings (SSSR count). The van der Waals surface area contributed by atoms with Gasteiger partial charge in [0.2, 0.25) is 0 Å². The Hall–Kier alpha value is -3.86. The van der Waals surface area contributed by atoms with Crippen LogP contribution < -0.4 is 11.1 Å². The zero-order valence-electron chi connectivity index (χ0n) is 17.2. The molecule has 0 unspecified atom stereocenters. The molecule has 0 saturated heterocycles. The molecule has 0 aromatic heterocycles. The number of carbonyl (C=O) groups excluding carboxylic acids is 1. The van der Waals surface area contributed by atoms with Crippen LogP contribution in [-0.4, -0.2) is 25.1 Å². The van der Waals surface area contributed by atoms with E-state index in [0.717, 1.165) is 5.56 Å². The van der Waals surface area contributed by atoms with Crippen molar-refractivity contribution < 1.29 is 9.53 Å². The summed E-state index contributed by atoms with van der Waals surface area (Å²) in [4.78, 5) is 12.2. The van der Waals surface area contributed by atoms with Crippen LogP contribution in [0.25, 0.3) is 17.2 Å². The highest BCUT2D eigenvalue weighted by Crippen LogP contribution is 2.44. The number of amidine groups is 1. The molecule has 4 N–H and O–H groups in total. The molecular formula is C26H25N3O2. The maximum absolute atomic E-state index is 12.2. The molecule has 3 aromatic carbocycles. The second kappa shape index (κ2) is 9.30. The van der Waals surface area contributed by atoms with E-state index in [1.807, 2.05) is 60.7 Å². The molecule has 5 heteroatoms. The Labute approximate surface area is 182 Å². The van der Waals surface area contributed by atoms with Crippen molar-refractivity contribution in [3.63, 3.8) is 0 Å². The number of fused-ring (bicyclic) bond motifs is 3. The molecule has 0 atom stereocenters. The van der Waals surface area contributed by atoms with Crippen molar-refractivity contribution in [3.05, 3.63) is 101 Å². The summed E-state index contributed by atoms with van der Waals surface area (Å²) in [6.45, 7) is 0.816. The van der Waals surface area contributed by atoms with Gasteiger partial charge in [-0.3, -0.25) is 5.41 Å². The van der Waals surface area contributed by atoms with Crippen LogP contribution in [0.3, 0.4) is 0 Å². The van der Waals surface area contributed by atoms with Gasteiger partial charge in [-0.15, -0.1) is 0 Å². The molecule has 0 radical (unpaired) electrons. The minimum atomic E-state index is -0.402. The van der Waals surface area contributed by atoms with E-state index in [1.165, 1.54) is 22.3 Å². The maximum Gasteiger partial charge on any atom is 0.407 e. The Balaban J connectivity index is 1.25. The van der Waals surface area contributed by atoms with E-state index < -0.39 is 6.09 Å². The number of alkyl carbamates (subject to hydrolysis) is 1. The summed E-state index contributed by atoms with van der Waals surface area (Å²) in [7, 11) is 0. The minimum absolute atomic E-state index is 0.0582. The molecule has 0 spiro atoms. The van der Waals surface area contributed by atoms with Crippen LogP contribution in [0.5, 0.6) is 0 Å². The van der Waals surface area contributed by atoms with Crippen LogP contribution in [0.4, 0.5) is 4.79 Å². The first-order valence-electron chi connectivity index (χ1n) is 10.3. The number of rotatable bonds is 7. The number of ether oxygens (including phenoxy) is 1. The monoisotopic (exact) mass is 411 g/mol. The highest BCUT2D eigenvalue weighted by atomic mass is 16.5. The van der Waals surface area contributed by atoms with Gasteiger partial charge in [0.1, 0.15) is 12.4 Å². The van der Waals surface area contributed by atoms with Crippen molar-refractivity contribution in [2.75, 3.05) is 13.2 Å². The number of carbonyl (C=O) groups is 1. The van der Waals surface area contributed by atoms with E-state index in [4.69, 9.17) is 15.9 Å². The Morgan fingerprint density at radius 2 is 1.58 bits per heavy atom. The molecule has 1 aliphatic carbocycles. The standard InChI is InChI=1S/C26H25N3O2/c27-25(28)19-14-12-18(13-15-19)7-5-6-16-29-26(30)31-17-24-22-10-3-1-8-20(22)21-9-2-4-11-23(21)24/h1-5,7-15,24H,6,16-17H2,(H3,27,28)(H,29,30). The van der Waals surface area contributed by atoms with Gasteiger partial charge >= 0.3 is 6.09 Å². The normalized spacial score (nSPS) is 12.4. The van der Waals surface area contributed by atoms with E-state index in [-0.39, 0.29) is 11.8 Å². The lowest BCUT2D eigenvalue weighted by Gasteiger charge is -2.14. The largest absolute Gasteiger partial charge is 0.449 e. The summed E-state index contributed by atoms with van der Waals surface area (Å²) in [5.74, 6) is 0.124. The van der Waals surface area contributed by atoms with Gasteiger partial charge in [0.05, 0.1) is 0 Å². The Morgan fingerprint density at radius 3 is 2.19 bits per heavy atom. The van der Waals surface area contributed by atoms with Gasteiger partial charge in [-0.1, -0.05) is 84.9 Å². The minimum Gasteiger partial charge on any atom is -0.449 e. The number of amides is 1. The SMILES string of the molecule is N=C(N)c1ccc(C=CCCNC(=O)OCC2c3ccccc3-c3ccccc32)cc1. The van der Waals surface area contributed by atoms with E-state index >= 15 is 0 Å². The lowest BCUT2D eigenvalue weighted by Crippen LogP contribution is -2.26. The molecule has 0 saturated carbocycles. The number of nitrogens with one attached hydrogen (secondary N) is 2. The molecular weight excluding hydrogens is 386 g/mol. The smallest absolute Gasteiger partial charge is 0.407 e. The van der Waals surface area contributed by atoms with Crippen molar-refractivity contribution >= 4 is 18.0 Å². The summed E-state index contributed by atoms with van der Waals surface area (Å²) in [6, 6.07) is 24.0. The topological polar surface area (TPSA) is 88.2 Å². The summed E-state index contributed by atoms with van der Waals surface area (Å²) in [6.07, 6.45) is 4.26. The number of nitrogen functional groups attached to an aromatic ring is 1. The van der Waals surface area contributed by atoms with Gasteiger partial charge in [-0.25, -0.2) is 4.79 Å². The highest BCUT2D eigenvalue weighted by Gasteiger charge is 2.28. The van der Waals surface area contributed by atoms with Crippen LogP contribution in [0, 0.1) is 5.41 Å². The van der Waals surface area contributed by atoms with Crippen LogP contribution in [-0.2, 0) is 4.74 Å². The zero-order chi connectivity index (χ0) is 21.6. The second-order valence-electron chi connectivity index (χ2n) is 7.48. The second-order valence-corrected chi connectivity index (χ2v) is 7.48. The molecule has 0 bridgehead atoms. The van der Waals surface area contributed by atoms with Crippen molar-refractivity contribution in [2.24, 2.45) is 5.73 Å². The maximum atomic E-state index is 12.2. The van der Waals surface area contributed by atoms with Crippen molar-refractivity contribution in [2.45, 2.75) is 12.3 Å². The third-order valence-electron chi connectivity index (χ3n) is 5.46. The molecule has 0 fully saturated rings. The molecule has 3 aromatic rings.